The number of hydrogen-bond acceptors (Lipinski definition) is 6. The highest BCUT2D eigenvalue weighted by molar-refractivity contribution is 5.71. The van der Waals surface area contributed by atoms with E-state index >= 15 is 0 Å². The van der Waals surface area contributed by atoms with Crippen molar-refractivity contribution in [1.29, 1.82) is 0 Å². The van der Waals surface area contributed by atoms with E-state index in [2.05, 4.69) is 45.1 Å². The molecule has 340 valence electrons. The molecule has 0 aromatic rings. The van der Waals surface area contributed by atoms with Gasteiger partial charge in [-0.3, -0.25) is 14.4 Å². The predicted molar refractivity (Wildman–Crippen MR) is 247 cm³/mol. The highest BCUT2D eigenvalue weighted by Crippen LogP contribution is 2.16. The second-order valence-corrected chi connectivity index (χ2v) is 17.1. The summed E-state index contributed by atoms with van der Waals surface area (Å²) in [7, 11) is 0. The van der Waals surface area contributed by atoms with Crippen LogP contribution in [0.4, 0.5) is 0 Å². The second-order valence-electron chi connectivity index (χ2n) is 17.1. The Bertz CT molecular complexity index is 942. The molecule has 0 radical (unpaired) electrons. The molecule has 0 bridgehead atoms. The fraction of sp³-hybridized carbons (Fsp3) is 0.865. The van der Waals surface area contributed by atoms with E-state index in [1.807, 2.05) is 0 Å². The van der Waals surface area contributed by atoms with E-state index < -0.39 is 6.10 Å². The summed E-state index contributed by atoms with van der Waals surface area (Å²) in [5.41, 5.74) is 0. The zero-order valence-corrected chi connectivity index (χ0v) is 38.8. The number of hydrogen-bond donors (Lipinski definition) is 0. The normalized spacial score (nSPS) is 12.1. The Morgan fingerprint density at radius 1 is 0.345 bits per heavy atom. The maximum Gasteiger partial charge on any atom is 0.306 e. The van der Waals surface area contributed by atoms with Gasteiger partial charge in [0.1, 0.15) is 13.2 Å². The van der Waals surface area contributed by atoms with Gasteiger partial charge >= 0.3 is 17.9 Å². The average molecular weight is 817 g/mol. The predicted octanol–water partition coefficient (Wildman–Crippen LogP) is 16.4. The van der Waals surface area contributed by atoms with Crippen molar-refractivity contribution in [2.75, 3.05) is 13.2 Å². The van der Waals surface area contributed by atoms with Crippen LogP contribution in [0.5, 0.6) is 0 Å². The summed E-state index contributed by atoms with van der Waals surface area (Å²) in [5.74, 6) is -0.876. The average Bonchev–Trinajstić information content (AvgIpc) is 3.22. The van der Waals surface area contributed by atoms with E-state index in [1.165, 1.54) is 161 Å². The van der Waals surface area contributed by atoms with Crippen molar-refractivity contribution in [2.45, 2.75) is 277 Å². The molecule has 0 N–H and O–H groups in total. The molecule has 1 atom stereocenters. The number of esters is 3. The van der Waals surface area contributed by atoms with Gasteiger partial charge in [-0.2, -0.15) is 0 Å². The highest BCUT2D eigenvalue weighted by Gasteiger charge is 2.19. The van der Waals surface area contributed by atoms with Crippen LogP contribution >= 0.6 is 0 Å². The Balaban J connectivity index is 4.20. The number of carbonyl (C=O) groups is 3. The van der Waals surface area contributed by atoms with Gasteiger partial charge in [-0.1, -0.05) is 225 Å². The number of ether oxygens (including phenoxy) is 3. The lowest BCUT2D eigenvalue weighted by molar-refractivity contribution is -0.167. The lowest BCUT2D eigenvalue weighted by atomic mass is 10.0. The van der Waals surface area contributed by atoms with Gasteiger partial charge in [0.2, 0.25) is 0 Å². The van der Waals surface area contributed by atoms with Crippen molar-refractivity contribution < 1.29 is 28.6 Å². The molecule has 0 saturated carbocycles. The maximum atomic E-state index is 12.7. The first-order valence-corrected chi connectivity index (χ1v) is 25.3. The summed E-state index contributed by atoms with van der Waals surface area (Å²) in [5, 5.41) is 0. The Labute approximate surface area is 360 Å². The van der Waals surface area contributed by atoms with E-state index in [9.17, 15) is 14.4 Å². The van der Waals surface area contributed by atoms with Crippen LogP contribution in [-0.4, -0.2) is 37.2 Å². The van der Waals surface area contributed by atoms with Crippen molar-refractivity contribution in [1.82, 2.24) is 0 Å². The number of unbranched alkanes of at least 4 members (excludes halogenated alkanes) is 31. The van der Waals surface area contributed by atoms with E-state index in [-0.39, 0.29) is 31.1 Å². The molecule has 0 aliphatic heterocycles. The smallest absolute Gasteiger partial charge is 0.306 e. The van der Waals surface area contributed by atoms with Crippen molar-refractivity contribution >= 4 is 17.9 Å². The maximum absolute atomic E-state index is 12.7. The molecule has 0 spiro atoms. The molecule has 0 fully saturated rings. The van der Waals surface area contributed by atoms with E-state index in [0.717, 1.165) is 70.6 Å². The van der Waals surface area contributed by atoms with Gasteiger partial charge in [0.15, 0.2) is 6.10 Å². The van der Waals surface area contributed by atoms with Gasteiger partial charge in [0, 0.05) is 19.3 Å². The molecule has 0 aliphatic carbocycles. The zero-order chi connectivity index (χ0) is 42.3. The Morgan fingerprint density at radius 3 is 0.966 bits per heavy atom. The van der Waals surface area contributed by atoms with E-state index in [0.29, 0.717) is 19.3 Å². The van der Waals surface area contributed by atoms with E-state index in [1.54, 1.807) is 0 Å². The van der Waals surface area contributed by atoms with Gasteiger partial charge in [-0.25, -0.2) is 0 Å². The Kier molecular flexibility index (Phi) is 45.8. The first-order chi connectivity index (χ1) is 28.5. The zero-order valence-electron chi connectivity index (χ0n) is 38.8. The minimum atomic E-state index is -0.766. The van der Waals surface area contributed by atoms with Crippen LogP contribution in [0.1, 0.15) is 271 Å². The van der Waals surface area contributed by atoms with Gasteiger partial charge in [-0.05, 0) is 51.4 Å². The first-order valence-electron chi connectivity index (χ1n) is 25.3. The number of rotatable bonds is 46. The van der Waals surface area contributed by atoms with Crippen LogP contribution in [0.25, 0.3) is 0 Å². The minimum Gasteiger partial charge on any atom is -0.462 e. The van der Waals surface area contributed by atoms with Crippen LogP contribution in [-0.2, 0) is 28.6 Å². The Hall–Kier alpha value is -2.11. The third kappa shape index (κ3) is 45.0. The third-order valence-corrected chi connectivity index (χ3v) is 11.2. The van der Waals surface area contributed by atoms with Crippen LogP contribution in [0.15, 0.2) is 24.3 Å². The molecule has 0 aliphatic rings. The molecule has 0 amide bonds. The molecule has 6 nitrogen and oxygen atoms in total. The number of carbonyl (C=O) groups excluding carboxylic acids is 3. The largest absolute Gasteiger partial charge is 0.462 e. The fourth-order valence-corrected chi connectivity index (χ4v) is 7.36. The van der Waals surface area contributed by atoms with Gasteiger partial charge in [0.25, 0.3) is 0 Å². The molecular formula is C52H96O6. The number of allylic oxidation sites excluding steroid dienone is 4. The summed E-state index contributed by atoms with van der Waals surface area (Å²) >= 11 is 0. The topological polar surface area (TPSA) is 78.9 Å². The minimum absolute atomic E-state index is 0.0708. The molecule has 58 heavy (non-hydrogen) atoms. The third-order valence-electron chi connectivity index (χ3n) is 11.2. The van der Waals surface area contributed by atoms with Crippen molar-refractivity contribution in [3.05, 3.63) is 24.3 Å². The van der Waals surface area contributed by atoms with Gasteiger partial charge in [0.05, 0.1) is 0 Å². The molecule has 0 aromatic heterocycles. The van der Waals surface area contributed by atoms with Crippen LogP contribution in [0.3, 0.4) is 0 Å². The van der Waals surface area contributed by atoms with Crippen molar-refractivity contribution in [3.8, 4) is 0 Å². The fourth-order valence-electron chi connectivity index (χ4n) is 7.36. The van der Waals surface area contributed by atoms with Gasteiger partial charge < -0.3 is 14.2 Å². The molecule has 0 saturated heterocycles. The molecular weight excluding hydrogens is 721 g/mol. The summed E-state index contributed by atoms with van der Waals surface area (Å²) in [4.78, 5) is 37.7. The summed E-state index contributed by atoms with van der Waals surface area (Å²) in [6, 6.07) is 0. The van der Waals surface area contributed by atoms with Crippen LogP contribution in [0, 0.1) is 0 Å². The van der Waals surface area contributed by atoms with Crippen LogP contribution in [0.2, 0.25) is 0 Å². The van der Waals surface area contributed by atoms with Crippen LogP contribution < -0.4 is 0 Å². The van der Waals surface area contributed by atoms with E-state index in [4.69, 9.17) is 14.2 Å². The first kappa shape index (κ1) is 55.9. The Morgan fingerprint density at radius 2 is 0.621 bits per heavy atom. The quantitative estimate of drug-likeness (QED) is 0.0263. The summed E-state index contributed by atoms with van der Waals surface area (Å²) in [6.45, 7) is 6.58. The monoisotopic (exact) mass is 817 g/mol. The lowest BCUT2D eigenvalue weighted by Crippen LogP contribution is -2.30. The van der Waals surface area contributed by atoms with Crippen molar-refractivity contribution in [2.24, 2.45) is 0 Å². The SMILES string of the molecule is CCCCCC/C=C\C/C=C\CCCCCCCCCC(=O)OCC(COC(=O)CCCCCCCC)OC(=O)CCCCCCCCCCCCCCCCCC. The van der Waals surface area contributed by atoms with Crippen molar-refractivity contribution in [3.63, 3.8) is 0 Å². The molecule has 6 heteroatoms. The van der Waals surface area contributed by atoms with Gasteiger partial charge in [-0.15, -0.1) is 0 Å². The second kappa shape index (κ2) is 47.6. The molecule has 0 aromatic carbocycles. The molecule has 1 unspecified atom stereocenters. The molecule has 0 heterocycles. The standard InChI is InChI=1S/C52H96O6/c1-4-7-10-13-16-18-20-22-24-26-27-29-30-32-34-36-39-42-45-51(54)57-48-49(47-56-50(53)44-41-38-15-12-9-6-3)58-52(55)46-43-40-37-35-33-31-28-25-23-21-19-17-14-11-8-5-2/h18,20,24,26,49H,4-17,19,21-23,25,27-48H2,1-3H3/b20-18-,26-24-. The highest BCUT2D eigenvalue weighted by atomic mass is 16.6. The molecule has 0 rings (SSSR count). The summed E-state index contributed by atoms with van der Waals surface area (Å²) < 4.78 is 16.7. The lowest BCUT2D eigenvalue weighted by Gasteiger charge is -2.18. The summed E-state index contributed by atoms with van der Waals surface area (Å²) in [6.07, 6.45) is 53.2.